The van der Waals surface area contributed by atoms with E-state index in [0.717, 1.165) is 16.7 Å². The molecule has 0 saturated carbocycles. The van der Waals surface area contributed by atoms with E-state index in [2.05, 4.69) is 4.98 Å². The van der Waals surface area contributed by atoms with Crippen LogP contribution in [0.4, 0.5) is 11.4 Å². The maximum absolute atomic E-state index is 15.4. The average molecular weight is 867 g/mol. The summed E-state index contributed by atoms with van der Waals surface area (Å²) in [4.78, 5) is 62.5. The van der Waals surface area contributed by atoms with Crippen LogP contribution in [0.15, 0.2) is 155 Å². The normalized spacial score (nSPS) is 17.9. The van der Waals surface area contributed by atoms with Gasteiger partial charge in [0.2, 0.25) is 0 Å². The Morgan fingerprint density at radius 3 is 1.93 bits per heavy atom. The second kappa shape index (κ2) is 18.6. The zero-order chi connectivity index (χ0) is 43.1. The van der Waals surface area contributed by atoms with Crippen LogP contribution in [0.25, 0.3) is 0 Å². The fraction of sp³-hybridized carbons (Fsp3) is 0.209. The molecule has 5 aromatic carbocycles. The number of para-hydroxylation sites is 1. The van der Waals surface area contributed by atoms with Gasteiger partial charge in [-0.2, -0.15) is 0 Å². The zero-order valence-corrected chi connectivity index (χ0v) is 34.4. The molecule has 2 heterocycles. The van der Waals surface area contributed by atoms with Gasteiger partial charge in [-0.15, -0.1) is 0 Å². The maximum atomic E-state index is 15.4. The Hall–Kier alpha value is -6.20. The third-order valence-electron chi connectivity index (χ3n) is 10.3. The van der Waals surface area contributed by atoms with Gasteiger partial charge in [-0.25, -0.2) is 19.1 Å². The van der Waals surface area contributed by atoms with Crippen LogP contribution in [-0.4, -0.2) is 44.8 Å². The molecule has 7 rings (SSSR count). The molecule has 1 aliphatic heterocycles. The van der Waals surface area contributed by atoms with Gasteiger partial charge in [0.1, 0.15) is 30.3 Å². The van der Waals surface area contributed by atoms with Crippen molar-refractivity contribution in [1.29, 1.82) is 0 Å². The van der Waals surface area contributed by atoms with Crippen molar-refractivity contribution in [2.24, 2.45) is 0 Å². The number of benzene rings is 5. The van der Waals surface area contributed by atoms with E-state index in [4.69, 9.17) is 23.6 Å². The third kappa shape index (κ3) is 9.12. The SMILES string of the molecule is COOC([C@H]1O[C@@H](n2cc(C)c(=O)[nH]c2=O)C[C@@H]1OP(=O)(Oc1ccc([N+](=O)[O-])cc1)SCc1ccccc1[N+](=O)[O-])C(c1ccccc1)(c1ccccc1)c1ccccc1. The van der Waals surface area contributed by atoms with Crippen molar-refractivity contribution in [3.8, 4) is 5.75 Å². The number of H-pyrrole nitrogens is 1. The smallest absolute Gasteiger partial charge is 0.417 e. The Labute approximate surface area is 352 Å². The molecule has 16 nitrogen and oxygen atoms in total. The maximum Gasteiger partial charge on any atom is 0.440 e. The van der Waals surface area contributed by atoms with E-state index in [1.165, 1.54) is 67.3 Å². The quantitative estimate of drug-likeness (QED) is 0.0301. The highest BCUT2D eigenvalue weighted by molar-refractivity contribution is 8.54. The summed E-state index contributed by atoms with van der Waals surface area (Å²) >= 11 is 0.658. The number of nitro groups is 2. The lowest BCUT2D eigenvalue weighted by Gasteiger charge is -2.44. The van der Waals surface area contributed by atoms with Crippen LogP contribution in [0.5, 0.6) is 5.75 Å². The summed E-state index contributed by atoms with van der Waals surface area (Å²) in [6.45, 7) is -3.02. The first-order valence-electron chi connectivity index (χ1n) is 18.9. The van der Waals surface area contributed by atoms with E-state index < -0.39 is 57.8 Å². The van der Waals surface area contributed by atoms with Gasteiger partial charge in [0.15, 0.2) is 0 Å². The van der Waals surface area contributed by atoms with Crippen LogP contribution >= 0.6 is 18.2 Å². The van der Waals surface area contributed by atoms with Crippen LogP contribution in [0.1, 0.15) is 40.5 Å². The lowest BCUT2D eigenvalue weighted by molar-refractivity contribution is -0.385. The Bertz CT molecular complexity index is 2550. The first-order valence-corrected chi connectivity index (χ1v) is 22.0. The van der Waals surface area contributed by atoms with E-state index in [0.29, 0.717) is 11.4 Å². The van der Waals surface area contributed by atoms with Crippen molar-refractivity contribution < 1.29 is 38.0 Å². The number of aryl methyl sites for hydroxylation is 1. The zero-order valence-electron chi connectivity index (χ0n) is 32.7. The second-order valence-corrected chi connectivity index (χ2v) is 17.9. The molecule has 0 radical (unpaired) electrons. The van der Waals surface area contributed by atoms with Crippen molar-refractivity contribution in [3.05, 3.63) is 215 Å². The summed E-state index contributed by atoms with van der Waals surface area (Å²) in [6.07, 6.45) is -3.67. The highest BCUT2D eigenvalue weighted by Crippen LogP contribution is 2.64. The first-order chi connectivity index (χ1) is 29.4. The molecular formula is C43H39N4O12PS. The minimum Gasteiger partial charge on any atom is -0.417 e. The van der Waals surface area contributed by atoms with Gasteiger partial charge in [0.05, 0.1) is 22.4 Å². The fourth-order valence-electron chi connectivity index (χ4n) is 7.54. The molecule has 1 saturated heterocycles. The highest BCUT2D eigenvalue weighted by Gasteiger charge is 2.56. The average Bonchev–Trinajstić information content (AvgIpc) is 3.67. The number of non-ortho nitro benzene ring substituents is 1. The Morgan fingerprint density at radius 2 is 1.39 bits per heavy atom. The minimum absolute atomic E-state index is 0.0552. The number of hydrogen-bond acceptors (Lipinski definition) is 13. The van der Waals surface area contributed by atoms with Crippen LogP contribution in [0, 0.1) is 27.2 Å². The first kappa shape index (κ1) is 42.9. The summed E-state index contributed by atoms with van der Waals surface area (Å²) in [5, 5.41) is 23.5. The molecule has 61 heavy (non-hydrogen) atoms. The van der Waals surface area contributed by atoms with Crippen LogP contribution in [-0.2, 0) is 34.8 Å². The number of nitro benzene ring substituents is 2. The number of nitrogens with zero attached hydrogens (tertiary/aromatic N) is 3. The molecule has 0 aliphatic carbocycles. The molecule has 1 aliphatic rings. The number of ether oxygens (including phenoxy) is 1. The van der Waals surface area contributed by atoms with Crippen molar-refractivity contribution >= 4 is 29.6 Å². The van der Waals surface area contributed by atoms with Crippen LogP contribution in [0.2, 0.25) is 0 Å². The summed E-state index contributed by atoms with van der Waals surface area (Å²) in [5.41, 5.74) is -0.440. The predicted molar refractivity (Wildman–Crippen MR) is 226 cm³/mol. The highest BCUT2D eigenvalue weighted by atomic mass is 32.7. The van der Waals surface area contributed by atoms with Gasteiger partial charge in [0.25, 0.3) is 16.9 Å². The van der Waals surface area contributed by atoms with Crippen molar-refractivity contribution in [1.82, 2.24) is 9.55 Å². The van der Waals surface area contributed by atoms with E-state index in [-0.39, 0.29) is 40.4 Å². The number of nitrogens with one attached hydrogen (secondary N) is 1. The second-order valence-electron chi connectivity index (χ2n) is 14.0. The molecule has 1 fully saturated rings. The van der Waals surface area contributed by atoms with Crippen molar-refractivity contribution in [2.75, 3.05) is 7.11 Å². The summed E-state index contributed by atoms with van der Waals surface area (Å²) in [5.74, 6) is -0.276. The molecule has 2 unspecified atom stereocenters. The van der Waals surface area contributed by atoms with E-state index >= 15 is 4.57 Å². The Morgan fingerprint density at radius 1 is 0.836 bits per heavy atom. The van der Waals surface area contributed by atoms with Gasteiger partial charge in [-0.05, 0) is 47.1 Å². The summed E-state index contributed by atoms with van der Waals surface area (Å²) in [6, 6.07) is 39.2. The molecule has 6 aromatic rings. The van der Waals surface area contributed by atoms with Crippen molar-refractivity contribution in [3.63, 3.8) is 0 Å². The van der Waals surface area contributed by atoms with Crippen LogP contribution in [0.3, 0.4) is 0 Å². The molecule has 0 spiro atoms. The fourth-order valence-corrected chi connectivity index (χ4v) is 11.0. The Balaban J connectivity index is 1.41. The monoisotopic (exact) mass is 866 g/mol. The molecule has 1 aromatic heterocycles. The molecule has 18 heteroatoms. The lowest BCUT2D eigenvalue weighted by atomic mass is 9.64. The van der Waals surface area contributed by atoms with E-state index in [9.17, 15) is 29.8 Å². The number of aromatic nitrogens is 2. The Kier molecular flexibility index (Phi) is 13.1. The third-order valence-corrected chi connectivity index (χ3v) is 13.8. The van der Waals surface area contributed by atoms with Gasteiger partial charge < -0.3 is 9.26 Å². The number of rotatable bonds is 17. The topological polar surface area (TPSA) is 204 Å². The molecule has 5 atom stereocenters. The number of aromatic amines is 1. The molecule has 1 N–H and O–H groups in total. The molecule has 0 amide bonds. The largest absolute Gasteiger partial charge is 0.440 e. The van der Waals surface area contributed by atoms with Gasteiger partial charge in [-0.3, -0.25) is 39.1 Å². The van der Waals surface area contributed by atoms with Crippen molar-refractivity contribution in [2.45, 2.75) is 49.1 Å². The van der Waals surface area contributed by atoms with Gasteiger partial charge >= 0.3 is 12.5 Å². The standard InChI is InChI=1S/C43H39N4O12PS/c1-29-27-45(42(49)44-41(29)48)38-26-37(59-60(54,58-35-24-22-34(23-25-35)46(50)51)61-28-30-14-12-13-21-36(30)47(52)53)39(56-38)40(57-55-2)43(31-15-6-3-7-16-31,32-17-8-4-9-18-32)33-19-10-5-11-20-33/h3-25,27,37-40H,26,28H2,1-2H3,(H,44,48,49)/t37-,38+,39-,40?,60?/m0/s1. The van der Waals surface area contributed by atoms with Gasteiger partial charge in [0, 0.05) is 47.7 Å². The lowest BCUT2D eigenvalue weighted by Crippen LogP contribution is -2.53. The number of hydrogen-bond donors (Lipinski definition) is 1. The van der Waals surface area contributed by atoms with Crippen LogP contribution < -0.4 is 15.8 Å². The summed E-state index contributed by atoms with van der Waals surface area (Å²) in [7, 11) is 1.34. The molecule has 0 bridgehead atoms. The summed E-state index contributed by atoms with van der Waals surface area (Å²) < 4.78 is 36.2. The van der Waals surface area contributed by atoms with E-state index in [1.54, 1.807) is 6.07 Å². The molecular weight excluding hydrogens is 828 g/mol. The van der Waals surface area contributed by atoms with Gasteiger partial charge in [-0.1, -0.05) is 109 Å². The molecule has 314 valence electrons. The predicted octanol–water partition coefficient (Wildman–Crippen LogP) is 8.44. The minimum atomic E-state index is -4.55. The van der Waals surface area contributed by atoms with E-state index in [1.807, 2.05) is 91.0 Å².